The zero-order chi connectivity index (χ0) is 17.6. The molecule has 0 spiro atoms. The highest BCUT2D eigenvalue weighted by Crippen LogP contribution is 2.32. The third-order valence-electron chi connectivity index (χ3n) is 3.22. The van der Waals surface area contributed by atoms with Gasteiger partial charge in [0.1, 0.15) is 5.76 Å². The lowest BCUT2D eigenvalue weighted by atomic mass is 10.3. The summed E-state index contributed by atoms with van der Waals surface area (Å²) in [5, 5.41) is 18.4. The van der Waals surface area contributed by atoms with E-state index in [9.17, 15) is 4.79 Å². The minimum atomic E-state index is -0.283. The number of aromatic nitrogens is 3. The smallest absolute Gasteiger partial charge is 0.239 e. The molecule has 1 unspecified atom stereocenters. The molecule has 3 aromatic rings. The maximum atomic E-state index is 12.4. The van der Waals surface area contributed by atoms with Crippen LogP contribution in [0.3, 0.4) is 0 Å². The average molecular weight is 375 g/mol. The summed E-state index contributed by atoms with van der Waals surface area (Å²) in [5.41, 5.74) is 0.946. The lowest BCUT2D eigenvalue weighted by Gasteiger charge is -2.10. The molecule has 2 N–H and O–H groups in total. The summed E-state index contributed by atoms with van der Waals surface area (Å²) >= 11 is 2.80. The van der Waals surface area contributed by atoms with Gasteiger partial charge in [-0.2, -0.15) is 0 Å². The Balaban J connectivity index is 1.60. The zero-order valence-electron chi connectivity index (χ0n) is 13.7. The Labute approximate surface area is 153 Å². The van der Waals surface area contributed by atoms with E-state index in [-0.39, 0.29) is 11.2 Å². The largest absolute Gasteiger partial charge is 0.360 e. The molecule has 3 rings (SSSR count). The van der Waals surface area contributed by atoms with Crippen LogP contribution in [0, 0.1) is 6.92 Å². The van der Waals surface area contributed by atoms with E-state index < -0.39 is 0 Å². The van der Waals surface area contributed by atoms with Crippen molar-refractivity contribution in [2.45, 2.75) is 29.9 Å². The summed E-state index contributed by atoms with van der Waals surface area (Å²) in [4.78, 5) is 12.4. The average Bonchev–Trinajstić information content (AvgIpc) is 3.22. The summed E-state index contributed by atoms with van der Waals surface area (Å²) in [6.07, 6.45) is 0.661. The molecule has 1 atom stereocenters. The minimum Gasteiger partial charge on any atom is -0.360 e. The van der Waals surface area contributed by atoms with Crippen LogP contribution in [0.25, 0.3) is 0 Å². The van der Waals surface area contributed by atoms with E-state index in [1.54, 1.807) is 13.0 Å². The first-order chi connectivity index (χ1) is 12.1. The number of hydrogen-bond donors (Lipinski definition) is 2. The van der Waals surface area contributed by atoms with Gasteiger partial charge in [0.2, 0.25) is 11.0 Å². The van der Waals surface area contributed by atoms with E-state index in [0.29, 0.717) is 23.1 Å². The van der Waals surface area contributed by atoms with Crippen molar-refractivity contribution in [2.24, 2.45) is 0 Å². The fraction of sp³-hybridized carbons (Fsp3) is 0.250. The minimum absolute atomic E-state index is 0.131. The van der Waals surface area contributed by atoms with Crippen molar-refractivity contribution >= 4 is 45.6 Å². The molecule has 0 radical (unpaired) electrons. The highest BCUT2D eigenvalue weighted by molar-refractivity contribution is 8.02. The van der Waals surface area contributed by atoms with Gasteiger partial charge in [0.15, 0.2) is 10.2 Å². The molecular formula is C16H17N5O2S2. The van der Waals surface area contributed by atoms with Crippen molar-refractivity contribution in [1.29, 1.82) is 0 Å². The number of nitrogens with one attached hydrogen (secondary N) is 2. The van der Waals surface area contributed by atoms with Gasteiger partial charge in [-0.1, -0.05) is 53.4 Å². The molecular weight excluding hydrogens is 358 g/mol. The van der Waals surface area contributed by atoms with Gasteiger partial charge in [0, 0.05) is 11.8 Å². The molecule has 0 fully saturated rings. The fourth-order valence-corrected chi connectivity index (χ4v) is 3.97. The second-order valence-electron chi connectivity index (χ2n) is 5.19. The van der Waals surface area contributed by atoms with E-state index in [1.165, 1.54) is 23.1 Å². The molecule has 0 aliphatic rings. The van der Waals surface area contributed by atoms with Gasteiger partial charge >= 0.3 is 0 Å². The normalized spacial score (nSPS) is 11.9. The number of thioether (sulfide) groups is 1. The van der Waals surface area contributed by atoms with Crippen LogP contribution in [0.1, 0.15) is 19.1 Å². The van der Waals surface area contributed by atoms with Crippen molar-refractivity contribution in [2.75, 3.05) is 10.6 Å². The number of rotatable bonds is 7. The molecule has 0 aliphatic heterocycles. The molecule has 130 valence electrons. The van der Waals surface area contributed by atoms with Gasteiger partial charge in [0.05, 0.1) is 5.25 Å². The number of nitrogens with zero attached hydrogens (tertiary/aromatic N) is 3. The SMILES string of the molecule is CCC(Sc1nnc(Nc2ccccc2)s1)C(=O)Nc1cc(C)on1. The van der Waals surface area contributed by atoms with Crippen LogP contribution in [-0.2, 0) is 4.79 Å². The maximum absolute atomic E-state index is 12.4. The van der Waals surface area contributed by atoms with Crippen molar-refractivity contribution in [3.8, 4) is 0 Å². The van der Waals surface area contributed by atoms with Crippen LogP contribution in [-0.4, -0.2) is 26.5 Å². The first kappa shape index (κ1) is 17.4. The van der Waals surface area contributed by atoms with E-state index in [4.69, 9.17) is 4.52 Å². The number of carbonyl (C=O) groups is 1. The van der Waals surface area contributed by atoms with Crippen LogP contribution in [0.4, 0.5) is 16.6 Å². The summed E-state index contributed by atoms with van der Waals surface area (Å²) in [6, 6.07) is 11.4. The fourth-order valence-electron chi connectivity index (χ4n) is 2.03. The van der Waals surface area contributed by atoms with Gasteiger partial charge in [-0.15, -0.1) is 10.2 Å². The number of aryl methyl sites for hydroxylation is 1. The van der Waals surface area contributed by atoms with Crippen molar-refractivity contribution in [3.05, 3.63) is 42.2 Å². The van der Waals surface area contributed by atoms with E-state index in [1.807, 2.05) is 37.3 Å². The Kier molecular flexibility index (Phi) is 5.67. The second kappa shape index (κ2) is 8.13. The lowest BCUT2D eigenvalue weighted by Crippen LogP contribution is -2.24. The standard InChI is InChI=1S/C16H17N5O2S2/c1-3-12(14(22)18-13-9-10(2)23-21-13)24-16-20-19-15(25-16)17-11-7-5-4-6-8-11/h4-9,12H,3H2,1-2H3,(H,17,19)(H,18,21,22). The Morgan fingerprint density at radius 1 is 1.32 bits per heavy atom. The van der Waals surface area contributed by atoms with Crippen molar-refractivity contribution in [1.82, 2.24) is 15.4 Å². The van der Waals surface area contributed by atoms with Gasteiger partial charge in [-0.05, 0) is 25.5 Å². The molecule has 9 heteroatoms. The number of hydrogen-bond acceptors (Lipinski definition) is 8. The van der Waals surface area contributed by atoms with Crippen LogP contribution >= 0.6 is 23.1 Å². The molecule has 0 bridgehead atoms. The van der Waals surface area contributed by atoms with E-state index in [2.05, 4.69) is 26.0 Å². The summed E-state index contributed by atoms with van der Waals surface area (Å²) in [7, 11) is 0. The molecule has 1 amide bonds. The number of para-hydroxylation sites is 1. The molecule has 0 saturated heterocycles. The molecule has 25 heavy (non-hydrogen) atoms. The Bertz CT molecular complexity index is 834. The summed E-state index contributed by atoms with van der Waals surface area (Å²) in [6.45, 7) is 3.73. The Morgan fingerprint density at radius 2 is 2.12 bits per heavy atom. The molecule has 2 heterocycles. The Hall–Kier alpha value is -2.39. The first-order valence-electron chi connectivity index (χ1n) is 7.70. The first-order valence-corrected chi connectivity index (χ1v) is 9.40. The number of carbonyl (C=O) groups excluding carboxylic acids is 1. The highest BCUT2D eigenvalue weighted by Gasteiger charge is 2.21. The number of anilines is 3. The molecule has 7 nitrogen and oxygen atoms in total. The van der Waals surface area contributed by atoms with Crippen LogP contribution in [0.5, 0.6) is 0 Å². The second-order valence-corrected chi connectivity index (χ2v) is 7.62. The lowest BCUT2D eigenvalue weighted by molar-refractivity contribution is -0.115. The predicted octanol–water partition coefficient (Wildman–Crippen LogP) is 4.09. The number of amides is 1. The molecule has 1 aromatic carbocycles. The van der Waals surface area contributed by atoms with Gasteiger partial charge in [0.25, 0.3) is 0 Å². The van der Waals surface area contributed by atoms with Crippen molar-refractivity contribution in [3.63, 3.8) is 0 Å². The van der Waals surface area contributed by atoms with Crippen LogP contribution < -0.4 is 10.6 Å². The quantitative estimate of drug-likeness (QED) is 0.601. The van der Waals surface area contributed by atoms with E-state index >= 15 is 0 Å². The van der Waals surface area contributed by atoms with Gasteiger partial charge in [-0.25, -0.2) is 0 Å². The topological polar surface area (TPSA) is 92.9 Å². The zero-order valence-corrected chi connectivity index (χ0v) is 15.4. The molecule has 0 aliphatic carbocycles. The highest BCUT2D eigenvalue weighted by atomic mass is 32.2. The van der Waals surface area contributed by atoms with Crippen LogP contribution in [0.2, 0.25) is 0 Å². The van der Waals surface area contributed by atoms with Gasteiger partial charge in [-0.3, -0.25) is 4.79 Å². The molecule has 2 aromatic heterocycles. The third kappa shape index (κ3) is 4.80. The number of benzene rings is 1. The van der Waals surface area contributed by atoms with Gasteiger partial charge < -0.3 is 15.2 Å². The summed E-state index contributed by atoms with van der Waals surface area (Å²) in [5.74, 6) is 0.940. The molecule has 0 saturated carbocycles. The third-order valence-corrected chi connectivity index (χ3v) is 5.50. The maximum Gasteiger partial charge on any atom is 0.239 e. The Morgan fingerprint density at radius 3 is 2.80 bits per heavy atom. The van der Waals surface area contributed by atoms with Crippen molar-refractivity contribution < 1.29 is 9.32 Å². The monoisotopic (exact) mass is 375 g/mol. The van der Waals surface area contributed by atoms with E-state index in [0.717, 1.165) is 10.0 Å². The predicted molar refractivity (Wildman–Crippen MR) is 99.4 cm³/mol. The summed E-state index contributed by atoms with van der Waals surface area (Å²) < 4.78 is 5.69. The van der Waals surface area contributed by atoms with Crippen LogP contribution in [0.15, 0.2) is 45.3 Å².